The smallest absolute Gasteiger partial charge is 0.471 e. The van der Waals surface area contributed by atoms with Crippen molar-refractivity contribution in [1.82, 2.24) is 4.57 Å². The fourth-order valence-corrected chi connectivity index (χ4v) is 3.33. The minimum Gasteiger partial charge on any atom is -0.493 e. The van der Waals surface area contributed by atoms with Crippen molar-refractivity contribution in [2.75, 3.05) is 12.4 Å². The Bertz CT molecular complexity index is 1410. The molecule has 0 aliphatic rings. The van der Waals surface area contributed by atoms with E-state index in [0.717, 1.165) is 41.1 Å². The normalized spacial score (nSPS) is 12.3. The van der Waals surface area contributed by atoms with Gasteiger partial charge < -0.3 is 24.6 Å². The summed E-state index contributed by atoms with van der Waals surface area (Å²) in [5.41, 5.74) is -1.89. The summed E-state index contributed by atoms with van der Waals surface area (Å²) in [4.78, 5) is 29.6. The van der Waals surface area contributed by atoms with E-state index in [0.29, 0.717) is 12.1 Å². The Hall–Kier alpha value is -3.52. The number of rotatable bonds is 10. The largest absolute Gasteiger partial charge is 0.493 e. The van der Waals surface area contributed by atoms with Gasteiger partial charge in [-0.15, -0.1) is 0 Å². The second-order valence-corrected chi connectivity index (χ2v) is 8.86. The molecule has 38 heavy (non-hydrogen) atoms. The molecule has 3 aromatic rings. The lowest BCUT2D eigenvalue weighted by atomic mass is 10.0. The average Bonchev–Trinajstić information content (AvgIpc) is 2.82. The third kappa shape index (κ3) is 7.07. The Morgan fingerprint density at radius 3 is 2.29 bits per heavy atom. The Morgan fingerprint density at radius 1 is 0.974 bits per heavy atom. The highest BCUT2D eigenvalue weighted by Crippen LogP contribution is 2.46. The van der Waals surface area contributed by atoms with Crippen LogP contribution >= 0.6 is 7.82 Å². The first-order valence-corrected chi connectivity index (χ1v) is 11.9. The van der Waals surface area contributed by atoms with E-state index in [1.54, 1.807) is 0 Å². The lowest BCUT2D eigenvalue weighted by Crippen LogP contribution is -2.33. The number of ether oxygens (including phenoxy) is 2. The summed E-state index contributed by atoms with van der Waals surface area (Å²) >= 11 is 0. The predicted molar refractivity (Wildman–Crippen MR) is 121 cm³/mol. The number of nitrogens with one attached hydrogen (secondary N) is 1. The Labute approximate surface area is 210 Å². The fourth-order valence-electron chi connectivity index (χ4n) is 3.06. The van der Waals surface area contributed by atoms with E-state index in [4.69, 9.17) is 19.3 Å². The lowest BCUT2D eigenvalue weighted by molar-refractivity contribution is -0.289. The quantitative estimate of drug-likeness (QED) is 0.228. The van der Waals surface area contributed by atoms with Crippen LogP contribution in [0.3, 0.4) is 0 Å². The summed E-state index contributed by atoms with van der Waals surface area (Å²) in [6.45, 7) is -0.977. The van der Waals surface area contributed by atoms with Crippen molar-refractivity contribution >= 4 is 13.5 Å². The van der Waals surface area contributed by atoms with Gasteiger partial charge in [0.2, 0.25) is 0 Å². The second kappa shape index (κ2) is 11.1. The maximum Gasteiger partial charge on any atom is 0.471 e. The van der Waals surface area contributed by atoms with E-state index < -0.39 is 49.3 Å². The third-order valence-corrected chi connectivity index (χ3v) is 5.43. The molecule has 3 rings (SSSR count). The van der Waals surface area contributed by atoms with Crippen molar-refractivity contribution in [3.05, 3.63) is 82.0 Å². The predicted octanol–water partition coefficient (Wildman–Crippen LogP) is 5.12. The van der Waals surface area contributed by atoms with Gasteiger partial charge >= 0.3 is 19.9 Å². The number of anilines is 1. The van der Waals surface area contributed by atoms with Crippen LogP contribution in [-0.2, 0) is 28.3 Å². The van der Waals surface area contributed by atoms with Gasteiger partial charge in [-0.1, -0.05) is 12.1 Å². The third-order valence-electron chi connectivity index (χ3n) is 4.98. The van der Waals surface area contributed by atoms with Gasteiger partial charge in [0, 0.05) is 41.7 Å². The molecule has 16 heteroatoms. The van der Waals surface area contributed by atoms with Gasteiger partial charge in [0.15, 0.2) is 11.5 Å². The van der Waals surface area contributed by atoms with Crippen LogP contribution in [0.4, 0.5) is 32.0 Å². The minimum absolute atomic E-state index is 0.0760. The molecule has 2 aromatic carbocycles. The number of hydrogen-bond donors (Lipinski definition) is 3. The Kier molecular flexibility index (Phi) is 8.46. The SMILES string of the molecule is COc1cc(F)ccc1Oc1cc(C(F)(F)C(F)(F)F)ccc1CNc1ccn(COP(=O)(O)O)c(=O)c1. The van der Waals surface area contributed by atoms with E-state index in [1.807, 2.05) is 0 Å². The number of benzene rings is 2. The van der Waals surface area contributed by atoms with Crippen molar-refractivity contribution < 1.29 is 54.7 Å². The van der Waals surface area contributed by atoms with Gasteiger partial charge in [-0.2, -0.15) is 22.0 Å². The molecule has 0 aliphatic heterocycles. The fraction of sp³-hybridized carbons (Fsp3) is 0.227. The van der Waals surface area contributed by atoms with Crippen molar-refractivity contribution in [2.24, 2.45) is 0 Å². The van der Waals surface area contributed by atoms with Crippen molar-refractivity contribution in [3.63, 3.8) is 0 Å². The van der Waals surface area contributed by atoms with E-state index in [9.17, 15) is 35.7 Å². The molecule has 0 spiro atoms. The molecule has 206 valence electrons. The molecular formula is C22H19F6N2O7P. The first-order chi connectivity index (χ1) is 17.6. The maximum atomic E-state index is 14.0. The van der Waals surface area contributed by atoms with Crippen LogP contribution in [-0.4, -0.2) is 27.6 Å². The number of halogens is 6. The standard InChI is InChI=1S/C22H19F6N2O7P/c1-35-19-9-15(23)4-5-17(19)37-18-8-14(21(24,25)22(26,27)28)3-2-13(18)11-29-16-6-7-30(20(31)10-16)12-36-38(32,33)34/h2-10,29H,11-12H2,1H3,(H2,32,33,34). The van der Waals surface area contributed by atoms with Gasteiger partial charge in [-0.3, -0.25) is 13.9 Å². The summed E-state index contributed by atoms with van der Waals surface area (Å²) < 4.78 is 107. The second-order valence-electron chi connectivity index (χ2n) is 7.62. The molecule has 1 heterocycles. The summed E-state index contributed by atoms with van der Waals surface area (Å²) in [6.07, 6.45) is -4.74. The van der Waals surface area contributed by atoms with Crippen LogP contribution < -0.4 is 20.3 Å². The van der Waals surface area contributed by atoms with Crippen LogP contribution in [0.15, 0.2) is 59.5 Å². The van der Waals surface area contributed by atoms with Crippen LogP contribution in [0.1, 0.15) is 11.1 Å². The molecule has 0 atom stereocenters. The molecule has 0 fully saturated rings. The monoisotopic (exact) mass is 568 g/mol. The van der Waals surface area contributed by atoms with E-state index in [-0.39, 0.29) is 29.3 Å². The molecule has 0 radical (unpaired) electrons. The number of nitrogens with zero attached hydrogens (tertiary/aromatic N) is 1. The van der Waals surface area contributed by atoms with Crippen LogP contribution in [0.25, 0.3) is 0 Å². The lowest BCUT2D eigenvalue weighted by Gasteiger charge is -2.22. The van der Waals surface area contributed by atoms with Gasteiger partial charge in [0.25, 0.3) is 5.56 Å². The summed E-state index contributed by atoms with van der Waals surface area (Å²) in [5, 5.41) is 2.77. The first-order valence-electron chi connectivity index (χ1n) is 10.3. The molecule has 0 unspecified atom stereocenters. The average molecular weight is 568 g/mol. The molecule has 0 bridgehead atoms. The van der Waals surface area contributed by atoms with Gasteiger partial charge in [0.05, 0.1) is 7.11 Å². The number of hydrogen-bond acceptors (Lipinski definition) is 6. The number of alkyl halides is 5. The molecule has 0 saturated heterocycles. The highest BCUT2D eigenvalue weighted by atomic mass is 31.2. The maximum absolute atomic E-state index is 14.0. The van der Waals surface area contributed by atoms with E-state index in [2.05, 4.69) is 9.84 Å². The van der Waals surface area contributed by atoms with Gasteiger partial charge in [-0.05, 0) is 24.3 Å². The molecule has 0 amide bonds. The number of methoxy groups -OCH3 is 1. The number of pyridine rings is 1. The highest BCUT2D eigenvalue weighted by Gasteiger charge is 2.58. The topological polar surface area (TPSA) is 119 Å². The zero-order valence-electron chi connectivity index (χ0n) is 19.2. The van der Waals surface area contributed by atoms with Gasteiger partial charge in [0.1, 0.15) is 18.3 Å². The molecule has 0 saturated carbocycles. The van der Waals surface area contributed by atoms with Gasteiger partial charge in [-0.25, -0.2) is 8.96 Å². The van der Waals surface area contributed by atoms with Crippen molar-refractivity contribution in [1.29, 1.82) is 0 Å². The van der Waals surface area contributed by atoms with Crippen molar-refractivity contribution in [2.45, 2.75) is 25.4 Å². The molecular weight excluding hydrogens is 549 g/mol. The number of phosphoric acid groups is 1. The molecule has 3 N–H and O–H groups in total. The molecule has 9 nitrogen and oxygen atoms in total. The summed E-state index contributed by atoms with van der Waals surface area (Å²) in [7, 11) is -3.66. The summed E-state index contributed by atoms with van der Waals surface area (Å²) in [5.74, 6) is -6.68. The minimum atomic E-state index is -5.88. The first kappa shape index (κ1) is 29.0. The highest BCUT2D eigenvalue weighted by molar-refractivity contribution is 7.46. The zero-order chi connectivity index (χ0) is 28.3. The molecule has 1 aromatic heterocycles. The number of aromatic nitrogens is 1. The number of phosphoric ester groups is 1. The Balaban J connectivity index is 1.92. The van der Waals surface area contributed by atoms with Crippen LogP contribution in [0.2, 0.25) is 0 Å². The van der Waals surface area contributed by atoms with Crippen LogP contribution in [0.5, 0.6) is 17.2 Å². The Morgan fingerprint density at radius 2 is 1.68 bits per heavy atom. The van der Waals surface area contributed by atoms with Crippen LogP contribution in [0, 0.1) is 5.82 Å². The zero-order valence-corrected chi connectivity index (χ0v) is 20.1. The van der Waals surface area contributed by atoms with E-state index in [1.165, 1.54) is 13.2 Å². The molecule has 0 aliphatic carbocycles. The van der Waals surface area contributed by atoms with Crippen molar-refractivity contribution in [3.8, 4) is 17.2 Å². The van der Waals surface area contributed by atoms with E-state index >= 15 is 0 Å². The summed E-state index contributed by atoms with van der Waals surface area (Å²) in [6, 6.07) is 7.35.